The molecule has 0 aliphatic rings. The van der Waals surface area contributed by atoms with Crippen LogP contribution in [0.15, 0.2) is 23.7 Å². The Bertz CT molecular complexity index is 600. The van der Waals surface area contributed by atoms with Crippen LogP contribution in [0, 0.1) is 0 Å². The average molecular weight is 339 g/mol. The fourth-order valence-corrected chi connectivity index (χ4v) is 2.66. The summed E-state index contributed by atoms with van der Waals surface area (Å²) < 4.78 is 0. The maximum atomic E-state index is 11.8. The molecular weight excluding hydrogens is 320 g/mol. The van der Waals surface area contributed by atoms with Crippen molar-refractivity contribution in [1.29, 1.82) is 0 Å². The van der Waals surface area contributed by atoms with Gasteiger partial charge in [0.1, 0.15) is 5.82 Å². The van der Waals surface area contributed by atoms with Gasteiger partial charge in [0.25, 0.3) is 0 Å². The Morgan fingerprint density at radius 1 is 1.36 bits per heavy atom. The van der Waals surface area contributed by atoms with Gasteiger partial charge in [-0.05, 0) is 18.6 Å². The molecule has 2 heterocycles. The van der Waals surface area contributed by atoms with Gasteiger partial charge in [-0.25, -0.2) is 9.97 Å². The van der Waals surface area contributed by atoms with Crippen molar-refractivity contribution < 1.29 is 4.79 Å². The number of anilines is 2. The van der Waals surface area contributed by atoms with E-state index in [9.17, 15) is 4.79 Å². The average Bonchev–Trinajstić information content (AvgIpc) is 2.93. The van der Waals surface area contributed by atoms with Crippen LogP contribution in [0.5, 0.6) is 0 Å². The Balaban J connectivity index is 1.80. The molecule has 0 aliphatic heterocycles. The normalized spacial score (nSPS) is 10.5. The van der Waals surface area contributed by atoms with E-state index in [-0.39, 0.29) is 5.91 Å². The van der Waals surface area contributed by atoms with Crippen LogP contribution in [0.4, 0.5) is 10.9 Å². The predicted molar refractivity (Wildman–Crippen MR) is 90.9 cm³/mol. The molecule has 0 fully saturated rings. The first kappa shape index (κ1) is 16.7. The molecule has 0 bridgehead atoms. The highest BCUT2D eigenvalue weighted by atomic mass is 35.5. The third-order valence-electron chi connectivity index (χ3n) is 2.96. The van der Waals surface area contributed by atoms with Gasteiger partial charge in [-0.15, -0.1) is 11.3 Å². The zero-order valence-electron chi connectivity index (χ0n) is 12.4. The van der Waals surface area contributed by atoms with E-state index in [2.05, 4.69) is 27.5 Å². The molecule has 1 amide bonds. The van der Waals surface area contributed by atoms with Gasteiger partial charge in [0.05, 0.1) is 17.1 Å². The van der Waals surface area contributed by atoms with Crippen LogP contribution in [0.1, 0.15) is 31.9 Å². The molecule has 22 heavy (non-hydrogen) atoms. The van der Waals surface area contributed by atoms with Crippen molar-refractivity contribution in [2.45, 2.75) is 32.6 Å². The largest absolute Gasteiger partial charge is 0.356 e. The number of nitrogens with one attached hydrogen (secondary N) is 2. The first-order valence-corrected chi connectivity index (χ1v) is 8.53. The number of aromatic nitrogens is 2. The molecular formula is C15H19ClN4OS. The lowest BCUT2D eigenvalue weighted by molar-refractivity contribution is -0.120. The quantitative estimate of drug-likeness (QED) is 0.719. The van der Waals surface area contributed by atoms with Gasteiger partial charge in [0.2, 0.25) is 5.91 Å². The molecule has 0 unspecified atom stereocenters. The maximum absolute atomic E-state index is 11.8. The molecule has 0 aliphatic carbocycles. The van der Waals surface area contributed by atoms with Gasteiger partial charge >= 0.3 is 0 Å². The summed E-state index contributed by atoms with van der Waals surface area (Å²) in [4.78, 5) is 20.3. The lowest BCUT2D eigenvalue weighted by Crippen LogP contribution is -2.26. The van der Waals surface area contributed by atoms with Gasteiger partial charge in [0.15, 0.2) is 5.13 Å². The number of pyridine rings is 1. The third-order valence-corrected chi connectivity index (χ3v) is 3.99. The van der Waals surface area contributed by atoms with Crippen molar-refractivity contribution in [3.63, 3.8) is 0 Å². The van der Waals surface area contributed by atoms with E-state index >= 15 is 0 Å². The molecule has 2 rings (SSSR count). The van der Waals surface area contributed by atoms with Crippen LogP contribution >= 0.6 is 22.9 Å². The SMILES string of the molecule is CCCCCNC(=O)Cc1csc(Nc2ccc(Cl)cn2)n1. The van der Waals surface area contributed by atoms with Crippen molar-refractivity contribution in [3.05, 3.63) is 34.4 Å². The van der Waals surface area contributed by atoms with Crippen molar-refractivity contribution >= 4 is 39.8 Å². The van der Waals surface area contributed by atoms with E-state index in [4.69, 9.17) is 11.6 Å². The Kier molecular flexibility index (Phi) is 6.61. The van der Waals surface area contributed by atoms with Crippen LogP contribution in [0.25, 0.3) is 0 Å². The summed E-state index contributed by atoms with van der Waals surface area (Å²) in [6.45, 7) is 2.87. The second-order valence-electron chi connectivity index (χ2n) is 4.86. The first-order chi connectivity index (χ1) is 10.7. The Morgan fingerprint density at radius 2 is 2.23 bits per heavy atom. The molecule has 0 atom stereocenters. The van der Waals surface area contributed by atoms with Gasteiger partial charge < -0.3 is 10.6 Å². The second-order valence-corrected chi connectivity index (χ2v) is 6.16. The topological polar surface area (TPSA) is 66.9 Å². The van der Waals surface area contributed by atoms with Crippen LogP contribution < -0.4 is 10.6 Å². The molecule has 0 saturated heterocycles. The van der Waals surface area contributed by atoms with Crippen molar-refractivity contribution in [3.8, 4) is 0 Å². The van der Waals surface area contributed by atoms with E-state index < -0.39 is 0 Å². The monoisotopic (exact) mass is 338 g/mol. The zero-order valence-corrected chi connectivity index (χ0v) is 14.0. The van der Waals surface area contributed by atoms with Gasteiger partial charge in [-0.2, -0.15) is 0 Å². The molecule has 2 N–H and O–H groups in total. The molecule has 0 aromatic carbocycles. The van der Waals surface area contributed by atoms with Crippen LogP contribution in [-0.4, -0.2) is 22.4 Å². The van der Waals surface area contributed by atoms with E-state index in [1.807, 2.05) is 5.38 Å². The maximum Gasteiger partial charge on any atom is 0.226 e. The van der Waals surface area contributed by atoms with E-state index in [1.54, 1.807) is 18.3 Å². The number of amides is 1. The Morgan fingerprint density at radius 3 is 2.95 bits per heavy atom. The fraction of sp³-hybridized carbons (Fsp3) is 0.400. The van der Waals surface area contributed by atoms with Crippen molar-refractivity contribution in [2.75, 3.05) is 11.9 Å². The number of carbonyl (C=O) groups is 1. The first-order valence-electron chi connectivity index (χ1n) is 7.27. The highest BCUT2D eigenvalue weighted by Crippen LogP contribution is 2.20. The van der Waals surface area contributed by atoms with Crippen molar-refractivity contribution in [1.82, 2.24) is 15.3 Å². The summed E-state index contributed by atoms with van der Waals surface area (Å²) >= 11 is 7.24. The molecule has 118 valence electrons. The van der Waals surface area contributed by atoms with E-state index in [0.717, 1.165) is 31.5 Å². The number of unbranched alkanes of at least 4 members (excludes halogenated alkanes) is 2. The van der Waals surface area contributed by atoms with Crippen molar-refractivity contribution in [2.24, 2.45) is 0 Å². The highest BCUT2D eigenvalue weighted by Gasteiger charge is 2.08. The molecule has 2 aromatic rings. The number of hydrogen-bond acceptors (Lipinski definition) is 5. The number of halogens is 1. The lowest BCUT2D eigenvalue weighted by atomic mass is 10.2. The van der Waals surface area contributed by atoms with Gasteiger partial charge in [0, 0.05) is 18.1 Å². The number of thiazole rings is 1. The number of carbonyl (C=O) groups excluding carboxylic acids is 1. The molecule has 0 spiro atoms. The standard InChI is InChI=1S/C15H19ClN4OS/c1-2-3-4-7-17-14(21)8-12-10-22-15(19-12)20-13-6-5-11(16)9-18-13/h5-6,9-10H,2-4,7-8H2,1H3,(H,17,21)(H,18,19,20). The van der Waals surface area contributed by atoms with Crippen LogP contribution in [0.2, 0.25) is 5.02 Å². The minimum atomic E-state index is 0.0116. The Labute approximate surface area is 139 Å². The van der Waals surface area contributed by atoms with Gasteiger partial charge in [-0.1, -0.05) is 31.4 Å². The molecule has 0 radical (unpaired) electrons. The molecule has 0 saturated carbocycles. The van der Waals surface area contributed by atoms with Gasteiger partial charge in [-0.3, -0.25) is 4.79 Å². The molecule has 2 aromatic heterocycles. The number of rotatable bonds is 8. The summed E-state index contributed by atoms with van der Waals surface area (Å²) in [6, 6.07) is 3.54. The Hall–Kier alpha value is -1.66. The molecule has 7 heteroatoms. The highest BCUT2D eigenvalue weighted by molar-refractivity contribution is 7.13. The predicted octanol–water partition coefficient (Wildman–Crippen LogP) is 3.78. The molecule has 5 nitrogen and oxygen atoms in total. The fourth-order valence-electron chi connectivity index (χ4n) is 1.83. The lowest BCUT2D eigenvalue weighted by Gasteiger charge is -2.03. The summed E-state index contributed by atoms with van der Waals surface area (Å²) in [5, 5.41) is 9.18. The smallest absolute Gasteiger partial charge is 0.226 e. The number of hydrogen-bond donors (Lipinski definition) is 2. The summed E-state index contributed by atoms with van der Waals surface area (Å²) in [7, 11) is 0. The second kappa shape index (κ2) is 8.70. The van der Waals surface area contributed by atoms with E-state index in [0.29, 0.717) is 22.4 Å². The minimum Gasteiger partial charge on any atom is -0.356 e. The summed E-state index contributed by atoms with van der Waals surface area (Å²) in [5.74, 6) is 0.687. The number of nitrogens with zero attached hydrogens (tertiary/aromatic N) is 2. The van der Waals surface area contributed by atoms with Crippen LogP contribution in [0.3, 0.4) is 0 Å². The minimum absolute atomic E-state index is 0.0116. The van der Waals surface area contributed by atoms with Crippen LogP contribution in [-0.2, 0) is 11.2 Å². The third kappa shape index (κ3) is 5.61. The summed E-state index contributed by atoms with van der Waals surface area (Å²) in [6.07, 6.45) is 5.18. The van der Waals surface area contributed by atoms with E-state index in [1.165, 1.54) is 11.3 Å². The summed E-state index contributed by atoms with van der Waals surface area (Å²) in [5.41, 5.74) is 0.759. The zero-order chi connectivity index (χ0) is 15.8.